The number of ether oxygens (including phenoxy) is 1. The van der Waals surface area contributed by atoms with Crippen molar-refractivity contribution in [2.24, 2.45) is 0 Å². The predicted octanol–water partition coefficient (Wildman–Crippen LogP) is 3.69. The molecule has 1 N–H and O–H groups in total. The first-order chi connectivity index (χ1) is 11.1. The second-order valence-electron chi connectivity index (χ2n) is 5.06. The Hall–Kier alpha value is -2.95. The van der Waals surface area contributed by atoms with Crippen molar-refractivity contribution in [3.63, 3.8) is 0 Å². The first-order valence-corrected chi connectivity index (χ1v) is 7.14. The van der Waals surface area contributed by atoms with Gasteiger partial charge in [0.05, 0.1) is 12.1 Å². The maximum absolute atomic E-state index is 13.5. The molecule has 4 nitrogen and oxygen atoms in total. The molecule has 0 amide bonds. The highest BCUT2D eigenvalue weighted by Crippen LogP contribution is 2.26. The summed E-state index contributed by atoms with van der Waals surface area (Å²) in [5.74, 6) is -1.25. The van der Waals surface area contributed by atoms with E-state index in [1.54, 1.807) is 0 Å². The average Bonchev–Trinajstić information content (AvgIpc) is 2.55. The monoisotopic (exact) mass is 311 g/mol. The van der Waals surface area contributed by atoms with Crippen LogP contribution >= 0.6 is 0 Å². The lowest BCUT2D eigenvalue weighted by Gasteiger charge is -2.10. The minimum Gasteiger partial charge on any atom is -0.492 e. The molecule has 3 aromatic rings. The Morgan fingerprint density at radius 2 is 1.91 bits per heavy atom. The highest BCUT2D eigenvalue weighted by Gasteiger charge is 2.12. The first-order valence-electron chi connectivity index (χ1n) is 7.14. The number of nitrogens with zero attached hydrogens (tertiary/aromatic N) is 1. The molecular weight excluding hydrogens is 297 g/mol. The van der Waals surface area contributed by atoms with Crippen molar-refractivity contribution in [2.75, 3.05) is 6.61 Å². The quantitative estimate of drug-likeness (QED) is 0.780. The van der Waals surface area contributed by atoms with Gasteiger partial charge in [0, 0.05) is 17.9 Å². The smallest absolute Gasteiger partial charge is 0.354 e. The minimum absolute atomic E-state index is 0.126. The summed E-state index contributed by atoms with van der Waals surface area (Å²) >= 11 is 0. The van der Waals surface area contributed by atoms with Crippen LogP contribution in [0.1, 0.15) is 16.1 Å². The van der Waals surface area contributed by atoms with Crippen LogP contribution in [0.4, 0.5) is 4.39 Å². The predicted molar refractivity (Wildman–Crippen MR) is 84.3 cm³/mol. The fraction of sp³-hybridized carbons (Fsp3) is 0.111. The van der Waals surface area contributed by atoms with E-state index in [0.717, 1.165) is 5.56 Å². The van der Waals surface area contributed by atoms with E-state index in [9.17, 15) is 9.18 Å². The Bertz CT molecular complexity index is 850. The lowest BCUT2D eigenvalue weighted by Crippen LogP contribution is -2.05. The zero-order valence-corrected chi connectivity index (χ0v) is 12.2. The highest BCUT2D eigenvalue weighted by atomic mass is 19.1. The van der Waals surface area contributed by atoms with Gasteiger partial charge in [-0.15, -0.1) is 0 Å². The van der Waals surface area contributed by atoms with E-state index in [1.165, 1.54) is 24.3 Å². The second-order valence-corrected chi connectivity index (χ2v) is 5.06. The third-order valence-electron chi connectivity index (χ3n) is 3.44. The molecule has 0 aliphatic heterocycles. The molecular formula is C18H14FNO3. The number of halogens is 1. The number of pyridine rings is 1. The summed E-state index contributed by atoms with van der Waals surface area (Å²) < 4.78 is 19.2. The molecule has 0 unspecified atom stereocenters. The number of carbonyl (C=O) groups is 1. The van der Waals surface area contributed by atoms with Gasteiger partial charge in [0.2, 0.25) is 0 Å². The number of carboxylic acid groups (broad SMARTS) is 1. The normalized spacial score (nSPS) is 10.7. The number of hydrogen-bond donors (Lipinski definition) is 1. The van der Waals surface area contributed by atoms with Crippen LogP contribution in [0.5, 0.6) is 5.75 Å². The number of aromatic nitrogens is 1. The molecule has 0 bridgehead atoms. The Balaban J connectivity index is 1.88. The molecule has 0 atom stereocenters. The van der Waals surface area contributed by atoms with Gasteiger partial charge >= 0.3 is 5.97 Å². The van der Waals surface area contributed by atoms with E-state index in [2.05, 4.69) is 4.98 Å². The standard InChI is InChI=1S/C18H14FNO3/c19-13-6-7-15-14(10-13)17(11-16(20-15)18(21)22)23-9-8-12-4-2-1-3-5-12/h1-7,10-11H,8-9H2,(H,21,22). The summed E-state index contributed by atoms with van der Waals surface area (Å²) in [6, 6.07) is 15.1. The summed E-state index contributed by atoms with van der Waals surface area (Å²) in [6.07, 6.45) is 0.669. The molecule has 1 heterocycles. The minimum atomic E-state index is -1.15. The third kappa shape index (κ3) is 3.45. The zero-order chi connectivity index (χ0) is 16.2. The Kier molecular flexibility index (Phi) is 4.19. The van der Waals surface area contributed by atoms with Crippen molar-refractivity contribution in [3.05, 3.63) is 71.7 Å². The van der Waals surface area contributed by atoms with Crippen LogP contribution in [0.25, 0.3) is 10.9 Å². The second kappa shape index (κ2) is 6.44. The van der Waals surface area contributed by atoms with E-state index < -0.39 is 11.8 Å². The van der Waals surface area contributed by atoms with Crippen LogP contribution in [0.2, 0.25) is 0 Å². The Morgan fingerprint density at radius 1 is 1.13 bits per heavy atom. The Labute approximate surface area is 132 Å². The van der Waals surface area contributed by atoms with Gasteiger partial charge in [0.1, 0.15) is 11.6 Å². The molecule has 116 valence electrons. The van der Waals surface area contributed by atoms with E-state index in [0.29, 0.717) is 29.7 Å². The van der Waals surface area contributed by atoms with Crippen molar-refractivity contribution >= 4 is 16.9 Å². The van der Waals surface area contributed by atoms with Crippen LogP contribution in [0, 0.1) is 5.82 Å². The topological polar surface area (TPSA) is 59.4 Å². The molecule has 0 fully saturated rings. The zero-order valence-electron chi connectivity index (χ0n) is 12.2. The van der Waals surface area contributed by atoms with E-state index in [4.69, 9.17) is 9.84 Å². The fourth-order valence-electron chi connectivity index (χ4n) is 2.32. The SMILES string of the molecule is O=C(O)c1cc(OCCc2ccccc2)c2cc(F)ccc2n1. The van der Waals surface area contributed by atoms with Gasteiger partial charge in [-0.25, -0.2) is 14.2 Å². The lowest BCUT2D eigenvalue weighted by molar-refractivity contribution is 0.0690. The number of carboxylic acids is 1. The molecule has 1 aromatic heterocycles. The molecule has 0 radical (unpaired) electrons. The van der Waals surface area contributed by atoms with Gasteiger partial charge < -0.3 is 9.84 Å². The maximum atomic E-state index is 13.5. The van der Waals surface area contributed by atoms with Crippen LogP contribution in [0.15, 0.2) is 54.6 Å². The molecule has 5 heteroatoms. The first kappa shape index (κ1) is 15.0. The molecule has 3 rings (SSSR count). The summed E-state index contributed by atoms with van der Waals surface area (Å²) in [5.41, 5.74) is 1.37. The van der Waals surface area contributed by atoms with Crippen LogP contribution < -0.4 is 4.74 Å². The van der Waals surface area contributed by atoms with Gasteiger partial charge in [-0.3, -0.25) is 0 Å². The van der Waals surface area contributed by atoms with Crippen molar-refractivity contribution in [2.45, 2.75) is 6.42 Å². The average molecular weight is 311 g/mol. The van der Waals surface area contributed by atoms with Crippen LogP contribution in [0.3, 0.4) is 0 Å². The number of rotatable bonds is 5. The highest BCUT2D eigenvalue weighted by molar-refractivity contribution is 5.93. The molecule has 0 spiro atoms. The van der Waals surface area contributed by atoms with Gasteiger partial charge in [-0.05, 0) is 23.8 Å². The van der Waals surface area contributed by atoms with Gasteiger partial charge in [-0.2, -0.15) is 0 Å². The molecule has 0 saturated carbocycles. The maximum Gasteiger partial charge on any atom is 0.354 e. The third-order valence-corrected chi connectivity index (χ3v) is 3.44. The van der Waals surface area contributed by atoms with E-state index in [-0.39, 0.29) is 5.69 Å². The summed E-state index contributed by atoms with van der Waals surface area (Å²) in [5, 5.41) is 9.60. The largest absolute Gasteiger partial charge is 0.492 e. The van der Waals surface area contributed by atoms with Crippen molar-refractivity contribution < 1.29 is 19.0 Å². The Morgan fingerprint density at radius 3 is 2.65 bits per heavy atom. The van der Waals surface area contributed by atoms with Crippen LogP contribution in [-0.4, -0.2) is 22.7 Å². The van der Waals surface area contributed by atoms with E-state index >= 15 is 0 Å². The van der Waals surface area contributed by atoms with Gasteiger partial charge in [0.15, 0.2) is 5.69 Å². The molecule has 0 aliphatic carbocycles. The summed E-state index contributed by atoms with van der Waals surface area (Å²) in [4.78, 5) is 15.2. The van der Waals surface area contributed by atoms with Crippen molar-refractivity contribution in [1.82, 2.24) is 4.98 Å². The van der Waals surface area contributed by atoms with Crippen LogP contribution in [-0.2, 0) is 6.42 Å². The number of aromatic carboxylic acids is 1. The van der Waals surface area contributed by atoms with Gasteiger partial charge in [0.25, 0.3) is 0 Å². The van der Waals surface area contributed by atoms with Gasteiger partial charge in [-0.1, -0.05) is 30.3 Å². The fourth-order valence-corrected chi connectivity index (χ4v) is 2.32. The van der Waals surface area contributed by atoms with Crippen molar-refractivity contribution in [3.8, 4) is 5.75 Å². The molecule has 2 aromatic carbocycles. The van der Waals surface area contributed by atoms with Crippen molar-refractivity contribution in [1.29, 1.82) is 0 Å². The summed E-state index contributed by atoms with van der Waals surface area (Å²) in [6.45, 7) is 0.360. The number of hydrogen-bond acceptors (Lipinski definition) is 3. The number of benzene rings is 2. The summed E-state index contributed by atoms with van der Waals surface area (Å²) in [7, 11) is 0. The molecule has 23 heavy (non-hydrogen) atoms. The number of fused-ring (bicyclic) bond motifs is 1. The lowest BCUT2D eigenvalue weighted by atomic mass is 10.1. The molecule has 0 saturated heterocycles. The van der Waals surface area contributed by atoms with E-state index in [1.807, 2.05) is 30.3 Å². The molecule has 0 aliphatic rings.